The van der Waals surface area contributed by atoms with Gasteiger partial charge < -0.3 is 5.32 Å². The Balaban J connectivity index is 2.12. The van der Waals surface area contributed by atoms with E-state index in [9.17, 15) is 0 Å². The van der Waals surface area contributed by atoms with Gasteiger partial charge in [0.25, 0.3) is 0 Å². The van der Waals surface area contributed by atoms with Crippen molar-refractivity contribution < 1.29 is 0 Å². The lowest BCUT2D eigenvalue weighted by Gasteiger charge is -2.16. The third-order valence-corrected chi connectivity index (χ3v) is 4.36. The molecule has 2 heterocycles. The highest BCUT2D eigenvalue weighted by Crippen LogP contribution is 2.26. The van der Waals surface area contributed by atoms with Gasteiger partial charge >= 0.3 is 0 Å². The number of thiophene rings is 1. The molecular formula is C15H20N2S. The molecule has 1 N–H and O–H groups in total. The van der Waals surface area contributed by atoms with Crippen LogP contribution in [0, 0.1) is 0 Å². The number of rotatable bonds is 6. The first kappa shape index (κ1) is 13.2. The van der Waals surface area contributed by atoms with E-state index in [4.69, 9.17) is 0 Å². The summed E-state index contributed by atoms with van der Waals surface area (Å²) >= 11 is 1.92. The van der Waals surface area contributed by atoms with Crippen LogP contribution in [0.3, 0.4) is 0 Å². The SMILES string of the molecule is CCNC(Cc1ccncc1)c1ccc(CC)s1. The third kappa shape index (κ3) is 3.40. The van der Waals surface area contributed by atoms with Gasteiger partial charge in [0, 0.05) is 28.2 Å². The zero-order valence-corrected chi connectivity index (χ0v) is 11.8. The zero-order valence-electron chi connectivity index (χ0n) is 11.0. The van der Waals surface area contributed by atoms with Crippen LogP contribution in [0.1, 0.15) is 35.2 Å². The van der Waals surface area contributed by atoms with Crippen molar-refractivity contribution >= 4 is 11.3 Å². The number of nitrogens with zero attached hydrogens (tertiary/aromatic N) is 1. The van der Waals surface area contributed by atoms with E-state index in [1.807, 2.05) is 23.7 Å². The van der Waals surface area contributed by atoms with Gasteiger partial charge in [-0.25, -0.2) is 0 Å². The summed E-state index contributed by atoms with van der Waals surface area (Å²) in [6, 6.07) is 9.12. The average Bonchev–Trinajstić information content (AvgIpc) is 2.88. The van der Waals surface area contributed by atoms with E-state index in [0.717, 1.165) is 19.4 Å². The predicted octanol–water partition coefficient (Wildman–Crippen LogP) is 3.60. The lowest BCUT2D eigenvalue weighted by Crippen LogP contribution is -2.22. The zero-order chi connectivity index (χ0) is 12.8. The molecule has 0 aromatic carbocycles. The second kappa shape index (κ2) is 6.66. The number of hydrogen-bond acceptors (Lipinski definition) is 3. The van der Waals surface area contributed by atoms with E-state index in [1.54, 1.807) is 0 Å². The smallest absolute Gasteiger partial charge is 0.0455 e. The molecule has 0 aliphatic rings. The standard InChI is InChI=1S/C15H20N2S/c1-3-13-5-6-15(18-13)14(17-4-2)11-12-7-9-16-10-8-12/h5-10,14,17H,3-4,11H2,1-2H3. The van der Waals surface area contributed by atoms with Gasteiger partial charge in [-0.05, 0) is 49.2 Å². The Morgan fingerprint density at radius 1 is 1.17 bits per heavy atom. The molecule has 0 spiro atoms. The van der Waals surface area contributed by atoms with E-state index in [2.05, 4.69) is 48.4 Å². The maximum absolute atomic E-state index is 4.07. The first-order chi connectivity index (χ1) is 8.83. The Morgan fingerprint density at radius 2 is 1.94 bits per heavy atom. The molecule has 0 fully saturated rings. The lowest BCUT2D eigenvalue weighted by atomic mass is 10.1. The van der Waals surface area contributed by atoms with Crippen LogP contribution >= 0.6 is 11.3 Å². The van der Waals surface area contributed by atoms with Gasteiger partial charge in [-0.3, -0.25) is 4.98 Å². The molecule has 2 nitrogen and oxygen atoms in total. The van der Waals surface area contributed by atoms with E-state index < -0.39 is 0 Å². The molecule has 0 bridgehead atoms. The largest absolute Gasteiger partial charge is 0.309 e. The summed E-state index contributed by atoms with van der Waals surface area (Å²) in [7, 11) is 0. The quantitative estimate of drug-likeness (QED) is 0.858. The second-order valence-corrected chi connectivity index (χ2v) is 5.53. The minimum Gasteiger partial charge on any atom is -0.309 e. The van der Waals surface area contributed by atoms with Crippen molar-refractivity contribution in [1.29, 1.82) is 0 Å². The van der Waals surface area contributed by atoms with Crippen molar-refractivity contribution in [2.45, 2.75) is 32.7 Å². The molecule has 2 rings (SSSR count). The average molecular weight is 260 g/mol. The van der Waals surface area contributed by atoms with Gasteiger partial charge in [0.15, 0.2) is 0 Å². The third-order valence-electron chi connectivity index (χ3n) is 3.01. The summed E-state index contributed by atoms with van der Waals surface area (Å²) in [5.41, 5.74) is 1.34. The van der Waals surface area contributed by atoms with Crippen LogP contribution in [-0.4, -0.2) is 11.5 Å². The van der Waals surface area contributed by atoms with Gasteiger partial charge in [0.1, 0.15) is 0 Å². The summed E-state index contributed by atoms with van der Waals surface area (Å²) in [5.74, 6) is 0. The van der Waals surface area contributed by atoms with Gasteiger partial charge in [-0.2, -0.15) is 0 Å². The molecule has 0 radical (unpaired) electrons. The molecule has 18 heavy (non-hydrogen) atoms. The number of aryl methyl sites for hydroxylation is 1. The summed E-state index contributed by atoms with van der Waals surface area (Å²) in [6.07, 6.45) is 5.88. The Morgan fingerprint density at radius 3 is 2.56 bits per heavy atom. The molecule has 3 heteroatoms. The van der Waals surface area contributed by atoms with Crippen LogP contribution in [-0.2, 0) is 12.8 Å². The molecule has 1 atom stereocenters. The monoisotopic (exact) mass is 260 g/mol. The molecule has 0 amide bonds. The molecule has 96 valence electrons. The van der Waals surface area contributed by atoms with Crippen molar-refractivity contribution in [3.63, 3.8) is 0 Å². The van der Waals surface area contributed by atoms with Gasteiger partial charge in [0.05, 0.1) is 0 Å². The Kier molecular flexibility index (Phi) is 4.90. The highest BCUT2D eigenvalue weighted by molar-refractivity contribution is 7.12. The van der Waals surface area contributed by atoms with Crippen LogP contribution in [0.4, 0.5) is 0 Å². The molecule has 2 aromatic heterocycles. The fourth-order valence-electron chi connectivity index (χ4n) is 2.05. The van der Waals surface area contributed by atoms with Crippen LogP contribution in [0.25, 0.3) is 0 Å². The molecule has 0 aliphatic heterocycles. The number of pyridine rings is 1. The van der Waals surface area contributed by atoms with Crippen LogP contribution < -0.4 is 5.32 Å². The normalized spacial score (nSPS) is 12.6. The number of hydrogen-bond donors (Lipinski definition) is 1. The first-order valence-corrected chi connectivity index (χ1v) is 7.36. The Labute approximate surface area is 113 Å². The summed E-state index contributed by atoms with van der Waals surface area (Å²) in [4.78, 5) is 6.97. The summed E-state index contributed by atoms with van der Waals surface area (Å²) in [6.45, 7) is 5.36. The fraction of sp³-hybridized carbons (Fsp3) is 0.400. The number of aromatic nitrogens is 1. The maximum atomic E-state index is 4.07. The minimum absolute atomic E-state index is 0.419. The molecule has 0 saturated heterocycles. The fourth-order valence-corrected chi connectivity index (χ4v) is 3.07. The van der Waals surface area contributed by atoms with E-state index >= 15 is 0 Å². The Bertz CT molecular complexity index is 464. The van der Waals surface area contributed by atoms with E-state index in [1.165, 1.54) is 15.3 Å². The van der Waals surface area contributed by atoms with E-state index in [-0.39, 0.29) is 0 Å². The summed E-state index contributed by atoms with van der Waals surface area (Å²) in [5, 5.41) is 3.57. The first-order valence-electron chi connectivity index (χ1n) is 6.54. The van der Waals surface area contributed by atoms with Gasteiger partial charge in [-0.15, -0.1) is 11.3 Å². The number of likely N-dealkylation sites (N-methyl/N-ethyl adjacent to an activating group) is 1. The Hall–Kier alpha value is -1.19. The van der Waals surface area contributed by atoms with Crippen LogP contribution in [0.2, 0.25) is 0 Å². The van der Waals surface area contributed by atoms with Gasteiger partial charge in [-0.1, -0.05) is 13.8 Å². The highest BCUT2D eigenvalue weighted by atomic mass is 32.1. The minimum atomic E-state index is 0.419. The predicted molar refractivity (Wildman–Crippen MR) is 78.1 cm³/mol. The van der Waals surface area contributed by atoms with Crippen molar-refractivity contribution in [3.05, 3.63) is 52.0 Å². The van der Waals surface area contributed by atoms with Crippen molar-refractivity contribution in [1.82, 2.24) is 10.3 Å². The molecular weight excluding hydrogens is 240 g/mol. The van der Waals surface area contributed by atoms with Crippen LogP contribution in [0.5, 0.6) is 0 Å². The lowest BCUT2D eigenvalue weighted by molar-refractivity contribution is 0.558. The van der Waals surface area contributed by atoms with Crippen molar-refractivity contribution in [2.75, 3.05) is 6.54 Å². The van der Waals surface area contributed by atoms with E-state index in [0.29, 0.717) is 6.04 Å². The molecule has 0 aliphatic carbocycles. The van der Waals surface area contributed by atoms with Gasteiger partial charge in [0.2, 0.25) is 0 Å². The topological polar surface area (TPSA) is 24.9 Å². The molecule has 2 aromatic rings. The summed E-state index contributed by atoms with van der Waals surface area (Å²) < 4.78 is 0. The van der Waals surface area contributed by atoms with Crippen molar-refractivity contribution in [2.24, 2.45) is 0 Å². The molecule has 0 saturated carbocycles. The van der Waals surface area contributed by atoms with Crippen molar-refractivity contribution in [3.8, 4) is 0 Å². The second-order valence-electron chi connectivity index (χ2n) is 4.33. The van der Waals surface area contributed by atoms with Crippen LogP contribution in [0.15, 0.2) is 36.7 Å². The maximum Gasteiger partial charge on any atom is 0.0455 e. The highest BCUT2D eigenvalue weighted by Gasteiger charge is 2.13. The number of nitrogens with one attached hydrogen (secondary N) is 1. The molecule has 1 unspecified atom stereocenters.